The fraction of sp³-hybridized carbons (Fsp3) is 0. The van der Waals surface area contributed by atoms with Gasteiger partial charge in [0.15, 0.2) is 0 Å². The van der Waals surface area contributed by atoms with Crippen molar-refractivity contribution in [3.8, 4) is 0 Å². The van der Waals surface area contributed by atoms with Crippen LogP contribution in [-0.2, 0) is 14.3 Å². The van der Waals surface area contributed by atoms with Crippen LogP contribution in [0.15, 0.2) is 24.7 Å². The monoisotopic (exact) mass is 156 g/mol. The minimum atomic E-state index is -1.70. The first-order chi connectivity index (χ1) is 4.95. The Balaban J connectivity index is 4.07. The van der Waals surface area contributed by atoms with E-state index in [9.17, 15) is 19.8 Å². The number of rotatable bonds is 4. The Hall–Kier alpha value is -1.78. The van der Waals surface area contributed by atoms with E-state index in [0.717, 1.165) is 0 Å². The highest BCUT2D eigenvalue weighted by molar-refractivity contribution is 5.85. The number of aliphatic carboxylic acids is 2. The molecular weight excluding hydrogens is 152 g/mol. The predicted molar refractivity (Wildman–Crippen MR) is 29.4 cm³/mol. The van der Waals surface area contributed by atoms with Gasteiger partial charge < -0.3 is 24.5 Å². The third-order valence-electron chi connectivity index (χ3n) is 0.702. The SMILES string of the molecule is C=C(OC(=C)C(=O)[O-])C(=O)[O-]. The van der Waals surface area contributed by atoms with Crippen molar-refractivity contribution in [2.75, 3.05) is 0 Å². The Morgan fingerprint density at radius 1 is 1.00 bits per heavy atom. The molecule has 0 aliphatic heterocycles. The Kier molecular flexibility index (Phi) is 2.85. The van der Waals surface area contributed by atoms with Crippen molar-refractivity contribution in [1.29, 1.82) is 0 Å². The van der Waals surface area contributed by atoms with Crippen LogP contribution in [-0.4, -0.2) is 11.9 Å². The Morgan fingerprint density at radius 2 is 1.27 bits per heavy atom. The van der Waals surface area contributed by atoms with Gasteiger partial charge in [-0.05, 0) is 0 Å². The normalized spacial score (nSPS) is 8.36. The molecule has 0 bridgehead atoms. The second-order valence-electron chi connectivity index (χ2n) is 1.52. The van der Waals surface area contributed by atoms with E-state index in [4.69, 9.17) is 0 Å². The van der Waals surface area contributed by atoms with Gasteiger partial charge in [-0.15, -0.1) is 0 Å². The van der Waals surface area contributed by atoms with Crippen LogP contribution in [0.4, 0.5) is 0 Å². The molecule has 5 nitrogen and oxygen atoms in total. The van der Waals surface area contributed by atoms with Gasteiger partial charge in [0.05, 0.1) is 0 Å². The number of ether oxygens (including phenoxy) is 1. The first-order valence-corrected chi connectivity index (χ1v) is 2.43. The molecule has 0 N–H and O–H groups in total. The summed E-state index contributed by atoms with van der Waals surface area (Å²) in [5, 5.41) is 19.7. The third-order valence-corrected chi connectivity index (χ3v) is 0.702. The standard InChI is InChI=1S/C6H6O5/c1-3(5(7)8)11-4(2)6(9)10/h1-2H2,(H,7,8)(H,9,10)/p-2. The lowest BCUT2D eigenvalue weighted by molar-refractivity contribution is -0.306. The molecule has 0 heterocycles. The lowest BCUT2D eigenvalue weighted by Crippen LogP contribution is -2.29. The maximum atomic E-state index is 9.87. The van der Waals surface area contributed by atoms with E-state index in [1.807, 2.05) is 0 Å². The maximum Gasteiger partial charge on any atom is 0.143 e. The lowest BCUT2D eigenvalue weighted by Gasteiger charge is -2.11. The highest BCUT2D eigenvalue weighted by Gasteiger charge is 1.99. The molecule has 0 spiro atoms. The lowest BCUT2D eigenvalue weighted by atomic mass is 10.5. The van der Waals surface area contributed by atoms with Crippen LogP contribution in [0.2, 0.25) is 0 Å². The molecule has 0 unspecified atom stereocenters. The molecular formula is C6H4O5-2. The van der Waals surface area contributed by atoms with E-state index in [-0.39, 0.29) is 0 Å². The van der Waals surface area contributed by atoms with Crippen molar-refractivity contribution in [2.24, 2.45) is 0 Å². The van der Waals surface area contributed by atoms with Crippen LogP contribution in [0.1, 0.15) is 0 Å². The van der Waals surface area contributed by atoms with E-state index < -0.39 is 23.5 Å². The maximum absolute atomic E-state index is 9.87. The van der Waals surface area contributed by atoms with E-state index in [2.05, 4.69) is 17.9 Å². The highest BCUT2D eigenvalue weighted by atomic mass is 16.5. The fourth-order valence-electron chi connectivity index (χ4n) is 0.232. The first-order valence-electron chi connectivity index (χ1n) is 2.43. The van der Waals surface area contributed by atoms with Gasteiger partial charge in [-0.1, -0.05) is 13.2 Å². The van der Waals surface area contributed by atoms with E-state index in [1.54, 1.807) is 0 Å². The summed E-state index contributed by atoms with van der Waals surface area (Å²) in [5.74, 6) is -5.04. The summed E-state index contributed by atoms with van der Waals surface area (Å²) in [5.41, 5.74) is 0. The van der Waals surface area contributed by atoms with Crippen molar-refractivity contribution in [3.05, 3.63) is 24.7 Å². The average molecular weight is 156 g/mol. The molecule has 0 aromatic rings. The number of carboxylic acid groups (broad SMARTS) is 2. The van der Waals surface area contributed by atoms with Gasteiger partial charge in [0, 0.05) is 0 Å². The molecule has 0 fully saturated rings. The van der Waals surface area contributed by atoms with Crippen LogP contribution in [0, 0.1) is 0 Å². The molecule has 0 saturated heterocycles. The zero-order valence-corrected chi connectivity index (χ0v) is 5.46. The summed E-state index contributed by atoms with van der Waals surface area (Å²) in [6, 6.07) is 0. The smallest absolute Gasteiger partial charge is 0.143 e. The second-order valence-corrected chi connectivity index (χ2v) is 1.52. The highest BCUT2D eigenvalue weighted by Crippen LogP contribution is 1.99. The van der Waals surface area contributed by atoms with Crippen LogP contribution >= 0.6 is 0 Å². The van der Waals surface area contributed by atoms with Gasteiger partial charge in [-0.2, -0.15) is 0 Å². The van der Waals surface area contributed by atoms with E-state index in [1.165, 1.54) is 0 Å². The molecule has 0 aromatic heterocycles. The van der Waals surface area contributed by atoms with Crippen molar-refractivity contribution in [3.63, 3.8) is 0 Å². The number of hydrogen-bond donors (Lipinski definition) is 0. The molecule has 0 radical (unpaired) electrons. The Bertz CT molecular complexity index is 203. The first kappa shape index (κ1) is 9.22. The minimum Gasteiger partial charge on any atom is -0.542 e. The number of carboxylic acids is 2. The summed E-state index contributed by atoms with van der Waals surface area (Å²) in [7, 11) is 0. The number of hydrogen-bond acceptors (Lipinski definition) is 5. The summed E-state index contributed by atoms with van der Waals surface area (Å²) >= 11 is 0. The van der Waals surface area contributed by atoms with Gasteiger partial charge in [-0.25, -0.2) is 0 Å². The third kappa shape index (κ3) is 3.04. The molecule has 0 atom stereocenters. The summed E-state index contributed by atoms with van der Waals surface area (Å²) in [6.07, 6.45) is 0. The molecule has 0 aromatic carbocycles. The van der Waals surface area contributed by atoms with Crippen molar-refractivity contribution in [1.82, 2.24) is 0 Å². The Labute approximate surface area is 62.2 Å². The summed E-state index contributed by atoms with van der Waals surface area (Å²) < 4.78 is 4.06. The van der Waals surface area contributed by atoms with Gasteiger partial charge in [0.25, 0.3) is 0 Å². The minimum absolute atomic E-state index is 0.820. The van der Waals surface area contributed by atoms with Crippen molar-refractivity contribution < 1.29 is 24.5 Å². The molecule has 11 heavy (non-hydrogen) atoms. The van der Waals surface area contributed by atoms with Gasteiger partial charge in [-0.3, -0.25) is 0 Å². The van der Waals surface area contributed by atoms with Gasteiger partial charge in [0.2, 0.25) is 0 Å². The van der Waals surface area contributed by atoms with Crippen LogP contribution in [0.5, 0.6) is 0 Å². The van der Waals surface area contributed by atoms with Crippen molar-refractivity contribution in [2.45, 2.75) is 0 Å². The summed E-state index contributed by atoms with van der Waals surface area (Å²) in [4.78, 5) is 19.7. The molecule has 0 saturated carbocycles. The number of carbonyl (C=O) groups excluding carboxylic acids is 2. The fourth-order valence-corrected chi connectivity index (χ4v) is 0.232. The van der Waals surface area contributed by atoms with Crippen LogP contribution in [0.3, 0.4) is 0 Å². The largest absolute Gasteiger partial charge is 0.542 e. The van der Waals surface area contributed by atoms with Gasteiger partial charge >= 0.3 is 0 Å². The molecule has 0 amide bonds. The molecule has 5 heteroatoms. The van der Waals surface area contributed by atoms with Crippen molar-refractivity contribution >= 4 is 11.9 Å². The molecule has 0 aliphatic rings. The van der Waals surface area contributed by atoms with Crippen LogP contribution in [0.25, 0.3) is 0 Å². The molecule has 60 valence electrons. The molecule has 0 rings (SSSR count). The Morgan fingerprint density at radius 3 is 1.45 bits per heavy atom. The second kappa shape index (κ2) is 3.40. The van der Waals surface area contributed by atoms with E-state index in [0.29, 0.717) is 0 Å². The number of carbonyl (C=O) groups is 2. The quantitative estimate of drug-likeness (QED) is 0.332. The van der Waals surface area contributed by atoms with Crippen LogP contribution < -0.4 is 10.2 Å². The van der Waals surface area contributed by atoms with E-state index >= 15 is 0 Å². The topological polar surface area (TPSA) is 89.5 Å². The molecule has 0 aliphatic carbocycles. The zero-order chi connectivity index (χ0) is 9.02. The average Bonchev–Trinajstić information content (AvgIpc) is 1.87. The zero-order valence-electron chi connectivity index (χ0n) is 5.46. The summed E-state index contributed by atoms with van der Waals surface area (Å²) in [6.45, 7) is 5.68. The van der Waals surface area contributed by atoms with Gasteiger partial charge in [0.1, 0.15) is 23.5 Å². The predicted octanol–water partition coefficient (Wildman–Crippen LogP) is -2.47.